The second-order valence-electron chi connectivity index (χ2n) is 3.66. The quantitative estimate of drug-likeness (QED) is 0.757. The minimum Gasteiger partial charge on any atom is -0.261 e. The molecule has 0 aliphatic heterocycles. The van der Waals surface area contributed by atoms with Gasteiger partial charge >= 0.3 is 0 Å². The van der Waals surface area contributed by atoms with Gasteiger partial charge < -0.3 is 0 Å². The molecule has 0 spiro atoms. The van der Waals surface area contributed by atoms with E-state index in [0.29, 0.717) is 11.4 Å². The Morgan fingerprint density at radius 2 is 2.12 bits per heavy atom. The van der Waals surface area contributed by atoms with Gasteiger partial charge in [-0.25, -0.2) is 4.39 Å². The van der Waals surface area contributed by atoms with E-state index in [4.69, 9.17) is 11.6 Å². The Morgan fingerprint density at radius 1 is 1.29 bits per heavy atom. The van der Waals surface area contributed by atoms with Crippen LogP contribution in [0.4, 0.5) is 4.39 Å². The minimum absolute atomic E-state index is 0.0329. The van der Waals surface area contributed by atoms with Crippen molar-refractivity contribution in [2.75, 3.05) is 0 Å². The van der Waals surface area contributed by atoms with Gasteiger partial charge in [0.05, 0.1) is 0 Å². The lowest BCUT2D eigenvalue weighted by atomic mass is 10.1. The second kappa shape index (κ2) is 5.61. The van der Waals surface area contributed by atoms with Crippen LogP contribution < -0.4 is 0 Å². The van der Waals surface area contributed by atoms with Crippen LogP contribution in [0.5, 0.6) is 0 Å². The maximum absolute atomic E-state index is 12.9. The first-order chi connectivity index (χ1) is 8.16. The highest BCUT2D eigenvalue weighted by atomic mass is 79.9. The molecule has 88 valence electrons. The standard InChI is InChI=1S/C13H10BrClFN/c14-12(8-10-3-1-2-6-17-10)11-5-4-9(16)7-13(11)15/h1-7,12H,8H2. The molecule has 4 heteroatoms. The average molecular weight is 315 g/mol. The Bertz CT molecular complexity index is 504. The predicted octanol–water partition coefficient (Wildman–Crippen LogP) is 4.55. The van der Waals surface area contributed by atoms with Crippen molar-refractivity contribution in [3.8, 4) is 0 Å². The molecule has 1 aromatic heterocycles. The van der Waals surface area contributed by atoms with Crippen molar-refractivity contribution in [2.24, 2.45) is 0 Å². The SMILES string of the molecule is Fc1ccc(C(Br)Cc2ccccn2)c(Cl)c1. The molecule has 2 aromatic rings. The van der Waals surface area contributed by atoms with Crippen LogP contribution >= 0.6 is 27.5 Å². The van der Waals surface area contributed by atoms with Gasteiger partial charge in [0, 0.05) is 28.2 Å². The highest BCUT2D eigenvalue weighted by Gasteiger charge is 2.13. The molecule has 1 aromatic carbocycles. The van der Waals surface area contributed by atoms with Gasteiger partial charge in [0.1, 0.15) is 5.82 Å². The summed E-state index contributed by atoms with van der Waals surface area (Å²) in [6.45, 7) is 0. The highest BCUT2D eigenvalue weighted by molar-refractivity contribution is 9.09. The summed E-state index contributed by atoms with van der Waals surface area (Å²) < 4.78 is 12.9. The van der Waals surface area contributed by atoms with Gasteiger partial charge in [-0.3, -0.25) is 4.98 Å². The monoisotopic (exact) mass is 313 g/mol. The molecule has 1 nitrogen and oxygen atoms in total. The lowest BCUT2D eigenvalue weighted by Gasteiger charge is -2.11. The third kappa shape index (κ3) is 3.27. The zero-order chi connectivity index (χ0) is 12.3. The van der Waals surface area contributed by atoms with Crippen LogP contribution in [0, 0.1) is 5.82 Å². The molecule has 0 saturated heterocycles. The summed E-state index contributed by atoms with van der Waals surface area (Å²) in [5.41, 5.74) is 1.84. The van der Waals surface area contributed by atoms with E-state index in [2.05, 4.69) is 20.9 Å². The van der Waals surface area contributed by atoms with Gasteiger partial charge in [-0.15, -0.1) is 0 Å². The molecule has 0 fully saturated rings. The highest BCUT2D eigenvalue weighted by Crippen LogP contribution is 2.32. The van der Waals surface area contributed by atoms with Gasteiger partial charge in [0.25, 0.3) is 0 Å². The Kier molecular flexibility index (Phi) is 4.13. The molecule has 0 bridgehead atoms. The molecule has 0 aliphatic rings. The number of alkyl halides is 1. The molecule has 0 N–H and O–H groups in total. The molecule has 1 heterocycles. The molecule has 17 heavy (non-hydrogen) atoms. The molecule has 0 aliphatic carbocycles. The summed E-state index contributed by atoms with van der Waals surface area (Å²) in [6, 6.07) is 10.2. The van der Waals surface area contributed by atoms with Crippen LogP contribution in [0.15, 0.2) is 42.6 Å². The van der Waals surface area contributed by atoms with Crippen molar-refractivity contribution in [2.45, 2.75) is 11.2 Å². The zero-order valence-corrected chi connectivity index (χ0v) is 11.2. The van der Waals surface area contributed by atoms with Gasteiger partial charge in [-0.2, -0.15) is 0 Å². The Balaban J connectivity index is 2.17. The maximum atomic E-state index is 12.9. The number of nitrogens with zero attached hydrogens (tertiary/aromatic N) is 1. The minimum atomic E-state index is -0.323. The van der Waals surface area contributed by atoms with E-state index in [9.17, 15) is 4.39 Å². The summed E-state index contributed by atoms with van der Waals surface area (Å²) in [6.07, 6.45) is 2.47. The molecule has 0 amide bonds. The van der Waals surface area contributed by atoms with Gasteiger partial charge in [0.15, 0.2) is 0 Å². The second-order valence-corrected chi connectivity index (χ2v) is 5.17. The van der Waals surface area contributed by atoms with Crippen LogP contribution in [0.25, 0.3) is 0 Å². The first-order valence-corrected chi connectivity index (χ1v) is 6.45. The van der Waals surface area contributed by atoms with Crippen molar-refractivity contribution < 1.29 is 4.39 Å². The zero-order valence-electron chi connectivity index (χ0n) is 8.91. The van der Waals surface area contributed by atoms with Crippen LogP contribution in [0.1, 0.15) is 16.1 Å². The number of hydrogen-bond donors (Lipinski definition) is 0. The van der Waals surface area contributed by atoms with E-state index in [1.54, 1.807) is 12.3 Å². The number of rotatable bonds is 3. The summed E-state index contributed by atoms with van der Waals surface area (Å²) in [4.78, 5) is 4.28. The van der Waals surface area contributed by atoms with Crippen LogP contribution in [-0.4, -0.2) is 4.98 Å². The van der Waals surface area contributed by atoms with E-state index in [1.807, 2.05) is 18.2 Å². The fourth-order valence-corrected chi connectivity index (χ4v) is 2.73. The first kappa shape index (κ1) is 12.5. The van der Waals surface area contributed by atoms with Gasteiger partial charge in [-0.05, 0) is 29.8 Å². The van der Waals surface area contributed by atoms with Crippen molar-refractivity contribution in [3.63, 3.8) is 0 Å². The number of hydrogen-bond acceptors (Lipinski definition) is 1. The molecular formula is C13H10BrClFN. The summed E-state index contributed by atoms with van der Waals surface area (Å²) in [5, 5.41) is 0.433. The Labute approximate surface area is 113 Å². The average Bonchev–Trinajstić information content (AvgIpc) is 2.30. The van der Waals surface area contributed by atoms with E-state index in [1.165, 1.54) is 12.1 Å². The van der Waals surface area contributed by atoms with Crippen molar-refractivity contribution in [3.05, 3.63) is 64.7 Å². The van der Waals surface area contributed by atoms with Gasteiger partial charge in [-0.1, -0.05) is 39.7 Å². The first-order valence-electron chi connectivity index (χ1n) is 5.16. The fourth-order valence-electron chi connectivity index (χ4n) is 1.57. The number of pyridine rings is 1. The predicted molar refractivity (Wildman–Crippen MR) is 71.0 cm³/mol. The van der Waals surface area contributed by atoms with Gasteiger partial charge in [0.2, 0.25) is 0 Å². The van der Waals surface area contributed by atoms with Crippen molar-refractivity contribution >= 4 is 27.5 Å². The van der Waals surface area contributed by atoms with Crippen LogP contribution in [0.3, 0.4) is 0 Å². The van der Waals surface area contributed by atoms with Crippen molar-refractivity contribution in [1.82, 2.24) is 4.98 Å². The molecule has 2 rings (SSSR count). The number of aromatic nitrogens is 1. The third-order valence-corrected chi connectivity index (χ3v) is 3.56. The van der Waals surface area contributed by atoms with Crippen LogP contribution in [0.2, 0.25) is 5.02 Å². The Morgan fingerprint density at radius 3 is 2.76 bits per heavy atom. The lowest BCUT2D eigenvalue weighted by molar-refractivity contribution is 0.627. The summed E-state index contributed by atoms with van der Waals surface area (Å²) in [5.74, 6) is -0.323. The number of benzene rings is 1. The molecule has 1 atom stereocenters. The van der Waals surface area contributed by atoms with E-state index in [-0.39, 0.29) is 10.6 Å². The van der Waals surface area contributed by atoms with Crippen LogP contribution in [-0.2, 0) is 6.42 Å². The molecule has 0 radical (unpaired) electrons. The van der Waals surface area contributed by atoms with E-state index < -0.39 is 0 Å². The lowest BCUT2D eigenvalue weighted by Crippen LogP contribution is -1.98. The van der Waals surface area contributed by atoms with Crippen molar-refractivity contribution in [1.29, 1.82) is 0 Å². The number of halogens is 3. The topological polar surface area (TPSA) is 12.9 Å². The maximum Gasteiger partial charge on any atom is 0.124 e. The third-order valence-electron chi connectivity index (χ3n) is 2.41. The smallest absolute Gasteiger partial charge is 0.124 e. The molecule has 1 unspecified atom stereocenters. The van der Waals surface area contributed by atoms with E-state index >= 15 is 0 Å². The summed E-state index contributed by atoms with van der Waals surface area (Å²) in [7, 11) is 0. The molecular weight excluding hydrogens is 305 g/mol. The summed E-state index contributed by atoms with van der Waals surface area (Å²) >= 11 is 9.55. The van der Waals surface area contributed by atoms with E-state index in [0.717, 1.165) is 11.3 Å². The molecule has 0 saturated carbocycles. The largest absolute Gasteiger partial charge is 0.261 e. The normalized spacial score (nSPS) is 12.4. The fraction of sp³-hybridized carbons (Fsp3) is 0.154. The Hall–Kier alpha value is -0.930.